The van der Waals surface area contributed by atoms with Crippen LogP contribution >= 0.6 is 0 Å². The number of carbonyl (C=O) groups excluding carboxylic acids is 2. The minimum Gasteiger partial charge on any atom is -0.453 e. The Balaban J connectivity index is 1.61. The minimum atomic E-state index is -1.35. The van der Waals surface area contributed by atoms with Crippen molar-refractivity contribution in [3.05, 3.63) is 30.5 Å². The van der Waals surface area contributed by atoms with Gasteiger partial charge in [0.05, 0.1) is 19.9 Å². The third-order valence-corrected chi connectivity index (χ3v) is 6.64. The number of hydrogen-bond donors (Lipinski definition) is 1. The summed E-state index contributed by atoms with van der Waals surface area (Å²) >= 11 is 0. The van der Waals surface area contributed by atoms with Gasteiger partial charge in [-0.3, -0.25) is 0 Å². The molecule has 3 aliphatic rings. The van der Waals surface area contributed by atoms with Gasteiger partial charge in [-0.2, -0.15) is 0 Å². The fraction of sp³-hybridized carbons (Fsp3) is 0.636. The van der Waals surface area contributed by atoms with Gasteiger partial charge in [-0.05, 0) is 38.7 Å². The Morgan fingerprint density at radius 3 is 2.70 bits per heavy atom. The number of carbonyl (C=O) groups is 2. The summed E-state index contributed by atoms with van der Waals surface area (Å²) in [6.45, 7) is 8.05. The van der Waals surface area contributed by atoms with E-state index in [1.54, 1.807) is 43.9 Å². The van der Waals surface area contributed by atoms with Gasteiger partial charge in [-0.15, -0.1) is 0 Å². The number of furan rings is 1. The molecule has 8 heteroatoms. The fourth-order valence-electron chi connectivity index (χ4n) is 5.13. The van der Waals surface area contributed by atoms with Crippen LogP contribution in [0.1, 0.15) is 40.5 Å². The first kappa shape index (κ1) is 20.8. The molecule has 0 aromatic carbocycles. The summed E-state index contributed by atoms with van der Waals surface area (Å²) < 4.78 is 15.9. The number of piperidine rings is 1. The Labute approximate surface area is 176 Å². The topological polar surface area (TPSA) is 92.5 Å². The van der Waals surface area contributed by atoms with Crippen LogP contribution in [0.2, 0.25) is 0 Å². The number of aliphatic hydroxyl groups is 1. The van der Waals surface area contributed by atoms with Crippen LogP contribution in [0.3, 0.4) is 0 Å². The van der Waals surface area contributed by atoms with Crippen LogP contribution < -0.4 is 4.90 Å². The Morgan fingerprint density at radius 2 is 2.10 bits per heavy atom. The lowest BCUT2D eigenvalue weighted by molar-refractivity contribution is 0.0246. The molecule has 4 rings (SSSR count). The molecule has 0 radical (unpaired) electrons. The second kappa shape index (κ2) is 6.51. The molecule has 8 nitrogen and oxygen atoms in total. The maximum absolute atomic E-state index is 12.9. The summed E-state index contributed by atoms with van der Waals surface area (Å²) in [5.41, 5.74) is -2.19. The summed E-state index contributed by atoms with van der Waals surface area (Å²) in [7, 11) is 1.37. The molecule has 1 aromatic heterocycles. The van der Waals surface area contributed by atoms with Crippen LogP contribution in [-0.2, 0) is 9.47 Å². The first-order chi connectivity index (χ1) is 13.9. The number of ether oxygens (including phenoxy) is 2. The van der Waals surface area contributed by atoms with Crippen molar-refractivity contribution in [1.29, 1.82) is 0 Å². The van der Waals surface area contributed by atoms with Crippen molar-refractivity contribution in [2.24, 2.45) is 10.8 Å². The lowest BCUT2D eigenvalue weighted by Gasteiger charge is -2.41. The second-order valence-corrected chi connectivity index (χ2v) is 10.1. The van der Waals surface area contributed by atoms with E-state index in [0.717, 1.165) is 6.42 Å². The molecule has 164 valence electrons. The van der Waals surface area contributed by atoms with E-state index in [4.69, 9.17) is 13.9 Å². The van der Waals surface area contributed by atoms with E-state index in [0.29, 0.717) is 18.8 Å². The van der Waals surface area contributed by atoms with E-state index >= 15 is 0 Å². The van der Waals surface area contributed by atoms with Gasteiger partial charge >= 0.3 is 12.2 Å². The number of methoxy groups -OCH3 is 1. The van der Waals surface area contributed by atoms with Gasteiger partial charge < -0.3 is 23.9 Å². The molecule has 2 heterocycles. The maximum Gasteiger partial charge on any atom is 0.417 e. The molecule has 3 unspecified atom stereocenters. The highest BCUT2D eigenvalue weighted by atomic mass is 16.6. The highest BCUT2D eigenvalue weighted by Gasteiger charge is 2.75. The van der Waals surface area contributed by atoms with Gasteiger partial charge in [-0.25, -0.2) is 14.5 Å². The number of nitrogens with zero attached hydrogens (tertiary/aromatic N) is 2. The Morgan fingerprint density at radius 1 is 1.37 bits per heavy atom. The van der Waals surface area contributed by atoms with Crippen LogP contribution in [0, 0.1) is 10.8 Å². The van der Waals surface area contributed by atoms with Gasteiger partial charge in [0.2, 0.25) is 5.88 Å². The van der Waals surface area contributed by atoms with Crippen LogP contribution in [-0.4, -0.2) is 59.6 Å². The molecule has 1 spiro atoms. The third-order valence-electron chi connectivity index (χ3n) is 6.64. The van der Waals surface area contributed by atoms with Crippen LogP contribution in [0.15, 0.2) is 35.0 Å². The molecular weight excluding hydrogens is 388 g/mol. The fourth-order valence-corrected chi connectivity index (χ4v) is 5.13. The first-order valence-electron chi connectivity index (χ1n) is 10.2. The zero-order valence-corrected chi connectivity index (χ0v) is 18.2. The number of amides is 2. The molecule has 2 aliphatic carbocycles. The predicted molar refractivity (Wildman–Crippen MR) is 109 cm³/mol. The third kappa shape index (κ3) is 3.27. The molecule has 4 atom stereocenters. The highest BCUT2D eigenvalue weighted by molar-refractivity contribution is 5.86. The summed E-state index contributed by atoms with van der Waals surface area (Å²) in [5.74, 6) is 0.291. The average Bonchev–Trinajstić information content (AvgIpc) is 3.00. The SMILES string of the molecule is COC(=O)N1CC2(C)CC23C=CC(O)(CN(C(=O)OC(C)(C)C)c2ccco2)C[C@@H]13. The van der Waals surface area contributed by atoms with Gasteiger partial charge in [0.25, 0.3) is 0 Å². The number of hydrogen-bond acceptors (Lipinski definition) is 6. The van der Waals surface area contributed by atoms with E-state index < -0.39 is 17.3 Å². The molecule has 1 saturated carbocycles. The highest BCUT2D eigenvalue weighted by Crippen LogP contribution is 2.74. The smallest absolute Gasteiger partial charge is 0.417 e. The standard InChI is InChI=1S/C22H30N2O6/c1-19(2,3)30-18(26)24(16-7-6-10-29-16)14-21(27)8-9-22-12-20(22,4)13-23(15(22)11-21)17(25)28-5/h6-10,15,27H,11-14H2,1-5H3/t15-,20?,21?,22?/m1/s1. The molecule has 2 fully saturated rings. The summed E-state index contributed by atoms with van der Waals surface area (Å²) in [5, 5.41) is 11.5. The lowest BCUT2D eigenvalue weighted by Crippen LogP contribution is -2.53. The van der Waals surface area contributed by atoms with Gasteiger partial charge in [0, 0.05) is 30.5 Å². The maximum atomic E-state index is 12.9. The first-order valence-corrected chi connectivity index (χ1v) is 10.2. The van der Waals surface area contributed by atoms with Crippen molar-refractivity contribution in [3.8, 4) is 0 Å². The van der Waals surface area contributed by atoms with Crippen molar-refractivity contribution in [1.82, 2.24) is 4.90 Å². The Hall–Kier alpha value is -2.48. The molecule has 1 saturated heterocycles. The van der Waals surface area contributed by atoms with Crippen molar-refractivity contribution < 1.29 is 28.6 Å². The van der Waals surface area contributed by atoms with E-state index in [1.807, 2.05) is 6.08 Å². The van der Waals surface area contributed by atoms with Gasteiger partial charge in [0.1, 0.15) is 11.2 Å². The van der Waals surface area contributed by atoms with Gasteiger partial charge in [0.15, 0.2) is 0 Å². The zero-order valence-electron chi connectivity index (χ0n) is 18.2. The summed E-state index contributed by atoms with van der Waals surface area (Å²) in [4.78, 5) is 28.2. The number of anilines is 1. The Bertz CT molecular complexity index is 875. The minimum absolute atomic E-state index is 0.00441. The van der Waals surface area contributed by atoms with Gasteiger partial charge in [-0.1, -0.05) is 19.1 Å². The monoisotopic (exact) mass is 418 g/mol. The molecular formula is C22H30N2O6. The van der Waals surface area contributed by atoms with E-state index in [9.17, 15) is 14.7 Å². The molecule has 1 aliphatic heterocycles. The van der Waals surface area contributed by atoms with Crippen molar-refractivity contribution in [2.75, 3.05) is 25.1 Å². The lowest BCUT2D eigenvalue weighted by atomic mass is 9.77. The average molecular weight is 418 g/mol. The van der Waals surface area contributed by atoms with E-state index in [-0.39, 0.29) is 29.5 Å². The summed E-state index contributed by atoms with van der Waals surface area (Å²) in [6.07, 6.45) is 5.54. The normalized spacial score (nSPS) is 34.2. The zero-order chi connectivity index (χ0) is 21.9. The van der Waals surface area contributed by atoms with E-state index in [2.05, 4.69) is 6.92 Å². The quantitative estimate of drug-likeness (QED) is 0.755. The number of likely N-dealkylation sites (tertiary alicyclic amines) is 1. The molecule has 1 N–H and O–H groups in total. The van der Waals surface area contributed by atoms with Crippen LogP contribution in [0.25, 0.3) is 0 Å². The summed E-state index contributed by atoms with van der Waals surface area (Å²) in [6, 6.07) is 3.13. The molecule has 1 aromatic rings. The largest absolute Gasteiger partial charge is 0.453 e. The van der Waals surface area contributed by atoms with Crippen molar-refractivity contribution in [2.45, 2.75) is 57.8 Å². The molecule has 2 amide bonds. The van der Waals surface area contributed by atoms with Crippen molar-refractivity contribution >= 4 is 18.1 Å². The molecule has 30 heavy (non-hydrogen) atoms. The number of rotatable bonds is 3. The predicted octanol–water partition coefficient (Wildman–Crippen LogP) is 3.56. The second-order valence-electron chi connectivity index (χ2n) is 10.1. The molecule has 0 bridgehead atoms. The Kier molecular flexibility index (Phi) is 4.51. The van der Waals surface area contributed by atoms with E-state index in [1.165, 1.54) is 18.3 Å². The van der Waals surface area contributed by atoms with Crippen LogP contribution in [0.4, 0.5) is 15.5 Å². The van der Waals surface area contributed by atoms with Crippen molar-refractivity contribution in [3.63, 3.8) is 0 Å². The van der Waals surface area contributed by atoms with Crippen LogP contribution in [0.5, 0.6) is 0 Å².